The van der Waals surface area contributed by atoms with Gasteiger partial charge in [0.15, 0.2) is 6.29 Å². The Kier molecular flexibility index (Phi) is 11.8. The standard InChI is InChI=1S/C26H38N4O8S/c1-30(2)20-11-7-18(8-12-20)28-29-19-9-13-21(14-10-19)39(35,36)27-15-5-3-4-6-16-37-26-25(34)24(33)23(32)22(17-31)38-26/h7-14,22-27,31-34H,3-6,15-17H2,1-2H3/t22-,23-,24+,25+,26+/m1/s1. The summed E-state index contributed by atoms with van der Waals surface area (Å²) in [5.41, 5.74) is 2.29. The van der Waals surface area contributed by atoms with Gasteiger partial charge in [-0.05, 0) is 61.4 Å². The minimum Gasteiger partial charge on any atom is -0.394 e. The van der Waals surface area contributed by atoms with E-state index in [1.165, 1.54) is 12.1 Å². The van der Waals surface area contributed by atoms with E-state index in [1.54, 1.807) is 12.1 Å². The van der Waals surface area contributed by atoms with Crippen molar-refractivity contribution in [2.75, 3.05) is 38.8 Å². The third-order valence-electron chi connectivity index (χ3n) is 6.29. The molecule has 1 saturated heterocycles. The molecule has 2 aromatic carbocycles. The summed E-state index contributed by atoms with van der Waals surface area (Å²) in [6.07, 6.45) is -3.73. The second-order valence-electron chi connectivity index (χ2n) is 9.48. The summed E-state index contributed by atoms with van der Waals surface area (Å²) < 4.78 is 38.5. The van der Waals surface area contributed by atoms with E-state index in [0.717, 1.165) is 18.5 Å². The van der Waals surface area contributed by atoms with Gasteiger partial charge >= 0.3 is 0 Å². The largest absolute Gasteiger partial charge is 0.394 e. The lowest BCUT2D eigenvalue weighted by Gasteiger charge is -2.39. The van der Waals surface area contributed by atoms with Crippen molar-refractivity contribution in [1.29, 1.82) is 0 Å². The number of hydrogen-bond donors (Lipinski definition) is 5. The fourth-order valence-electron chi connectivity index (χ4n) is 3.90. The average Bonchev–Trinajstić information content (AvgIpc) is 2.93. The fourth-order valence-corrected chi connectivity index (χ4v) is 4.97. The average molecular weight is 567 g/mol. The number of aliphatic hydroxyl groups is 4. The lowest BCUT2D eigenvalue weighted by molar-refractivity contribution is -0.301. The van der Waals surface area contributed by atoms with Gasteiger partial charge < -0.3 is 34.8 Å². The normalized spacial score (nSPS) is 23.8. The molecule has 3 rings (SSSR count). The zero-order valence-electron chi connectivity index (χ0n) is 22.1. The number of unbranched alkanes of at least 4 members (excludes halogenated alkanes) is 3. The van der Waals surface area contributed by atoms with Crippen molar-refractivity contribution in [3.05, 3.63) is 48.5 Å². The van der Waals surface area contributed by atoms with E-state index in [9.17, 15) is 28.8 Å². The zero-order chi connectivity index (χ0) is 28.4. The number of aliphatic hydroxyl groups excluding tert-OH is 4. The molecule has 12 nitrogen and oxygen atoms in total. The fraction of sp³-hybridized carbons (Fsp3) is 0.538. The predicted molar refractivity (Wildman–Crippen MR) is 145 cm³/mol. The topological polar surface area (TPSA) is 174 Å². The van der Waals surface area contributed by atoms with Crippen LogP contribution in [-0.4, -0.2) is 93.4 Å². The lowest BCUT2D eigenvalue weighted by atomic mass is 9.99. The van der Waals surface area contributed by atoms with E-state index in [4.69, 9.17) is 9.47 Å². The van der Waals surface area contributed by atoms with Crippen LogP contribution in [0.25, 0.3) is 0 Å². The number of benzene rings is 2. The van der Waals surface area contributed by atoms with Gasteiger partial charge in [0, 0.05) is 32.9 Å². The molecule has 0 aliphatic carbocycles. The Bertz CT molecular complexity index is 1140. The first-order valence-electron chi connectivity index (χ1n) is 12.8. The third kappa shape index (κ3) is 9.01. The molecule has 2 aromatic rings. The molecule has 0 saturated carbocycles. The van der Waals surface area contributed by atoms with Gasteiger partial charge in [-0.2, -0.15) is 10.2 Å². The summed E-state index contributed by atoms with van der Waals surface area (Å²) in [5, 5.41) is 47.1. The quantitative estimate of drug-likeness (QED) is 0.169. The highest BCUT2D eigenvalue weighted by Gasteiger charge is 2.43. The SMILES string of the molecule is CN(C)c1ccc(N=Nc2ccc(S(=O)(=O)NCCCCCCO[C@H]3O[C@H](CO)[C@@H](O)[C@H](O)[C@@H]3O)cc2)cc1. The van der Waals surface area contributed by atoms with Crippen LogP contribution >= 0.6 is 0 Å². The Morgan fingerprint density at radius 3 is 2.05 bits per heavy atom. The summed E-state index contributed by atoms with van der Waals surface area (Å²) in [7, 11) is 0.257. The molecule has 0 aromatic heterocycles. The Labute approximate surface area is 229 Å². The minimum atomic E-state index is -3.65. The number of anilines is 1. The van der Waals surface area contributed by atoms with Gasteiger partial charge in [-0.3, -0.25) is 0 Å². The maximum Gasteiger partial charge on any atom is 0.240 e. The van der Waals surface area contributed by atoms with Gasteiger partial charge in [-0.1, -0.05) is 12.8 Å². The number of azo groups is 1. The molecule has 5 N–H and O–H groups in total. The van der Waals surface area contributed by atoms with E-state index in [0.29, 0.717) is 24.2 Å². The van der Waals surface area contributed by atoms with Gasteiger partial charge in [0.05, 0.1) is 22.9 Å². The molecule has 1 aliphatic heterocycles. The molecule has 0 radical (unpaired) electrons. The number of nitrogens with zero attached hydrogens (tertiary/aromatic N) is 3. The van der Waals surface area contributed by atoms with Crippen molar-refractivity contribution in [1.82, 2.24) is 4.72 Å². The first-order valence-corrected chi connectivity index (χ1v) is 14.3. The molecule has 0 unspecified atom stereocenters. The highest BCUT2D eigenvalue weighted by Crippen LogP contribution is 2.23. The third-order valence-corrected chi connectivity index (χ3v) is 7.76. The molecule has 1 heterocycles. The molecular weight excluding hydrogens is 528 g/mol. The molecule has 5 atom stereocenters. The second kappa shape index (κ2) is 14.8. The molecule has 0 spiro atoms. The highest BCUT2D eigenvalue weighted by molar-refractivity contribution is 7.89. The predicted octanol–water partition coefficient (Wildman–Crippen LogP) is 1.82. The van der Waals surface area contributed by atoms with Gasteiger partial charge in [0.2, 0.25) is 10.0 Å². The van der Waals surface area contributed by atoms with Crippen LogP contribution in [0.15, 0.2) is 63.7 Å². The number of ether oxygens (including phenoxy) is 2. The van der Waals surface area contributed by atoms with Crippen LogP contribution in [0.4, 0.5) is 17.1 Å². The van der Waals surface area contributed by atoms with Crippen LogP contribution in [0.3, 0.4) is 0 Å². The summed E-state index contributed by atoms with van der Waals surface area (Å²) in [5.74, 6) is 0. The van der Waals surface area contributed by atoms with Gasteiger partial charge in [-0.25, -0.2) is 13.1 Å². The molecule has 1 aliphatic rings. The molecule has 216 valence electrons. The van der Waals surface area contributed by atoms with Crippen LogP contribution in [0.1, 0.15) is 25.7 Å². The maximum atomic E-state index is 12.6. The summed E-state index contributed by atoms with van der Waals surface area (Å²) in [4.78, 5) is 2.13. The number of rotatable bonds is 14. The Morgan fingerprint density at radius 1 is 0.872 bits per heavy atom. The minimum absolute atomic E-state index is 0.143. The molecule has 0 bridgehead atoms. The lowest BCUT2D eigenvalue weighted by Crippen LogP contribution is -2.59. The maximum absolute atomic E-state index is 12.6. The zero-order valence-corrected chi connectivity index (χ0v) is 22.9. The van der Waals surface area contributed by atoms with E-state index in [-0.39, 0.29) is 18.0 Å². The van der Waals surface area contributed by atoms with Gasteiger partial charge in [0.25, 0.3) is 0 Å². The summed E-state index contributed by atoms with van der Waals surface area (Å²) in [6.45, 7) is 0.00220. The van der Waals surface area contributed by atoms with Crippen molar-refractivity contribution in [3.8, 4) is 0 Å². The molecular formula is C26H38N4O8S. The first-order chi connectivity index (χ1) is 18.6. The Hall–Kier alpha value is -2.49. The number of sulfonamides is 1. The van der Waals surface area contributed by atoms with Crippen LogP contribution in [-0.2, 0) is 19.5 Å². The second-order valence-corrected chi connectivity index (χ2v) is 11.3. The molecule has 39 heavy (non-hydrogen) atoms. The van der Waals surface area contributed by atoms with Gasteiger partial charge in [0.1, 0.15) is 24.4 Å². The van der Waals surface area contributed by atoms with Gasteiger partial charge in [-0.15, -0.1) is 0 Å². The van der Waals surface area contributed by atoms with Crippen LogP contribution < -0.4 is 9.62 Å². The molecule has 1 fully saturated rings. The van der Waals surface area contributed by atoms with E-state index < -0.39 is 47.3 Å². The van der Waals surface area contributed by atoms with Crippen molar-refractivity contribution in [3.63, 3.8) is 0 Å². The molecule has 13 heteroatoms. The van der Waals surface area contributed by atoms with E-state index in [1.807, 2.05) is 43.3 Å². The smallest absolute Gasteiger partial charge is 0.240 e. The van der Waals surface area contributed by atoms with Crippen LogP contribution in [0.2, 0.25) is 0 Å². The van der Waals surface area contributed by atoms with Crippen molar-refractivity contribution < 1.29 is 38.3 Å². The van der Waals surface area contributed by atoms with E-state index in [2.05, 4.69) is 15.0 Å². The molecule has 0 amide bonds. The van der Waals surface area contributed by atoms with Crippen molar-refractivity contribution in [2.24, 2.45) is 10.2 Å². The Balaban J connectivity index is 1.34. The summed E-state index contributed by atoms with van der Waals surface area (Å²) in [6, 6.07) is 13.8. The monoisotopic (exact) mass is 566 g/mol. The number of nitrogens with one attached hydrogen (secondary N) is 1. The van der Waals surface area contributed by atoms with Crippen molar-refractivity contribution in [2.45, 2.75) is 61.3 Å². The van der Waals surface area contributed by atoms with Crippen LogP contribution in [0, 0.1) is 0 Å². The van der Waals surface area contributed by atoms with E-state index >= 15 is 0 Å². The summed E-state index contributed by atoms with van der Waals surface area (Å²) >= 11 is 0. The van der Waals surface area contributed by atoms with Crippen molar-refractivity contribution >= 4 is 27.1 Å². The Morgan fingerprint density at radius 2 is 1.46 bits per heavy atom. The number of hydrogen-bond acceptors (Lipinski definition) is 11. The highest BCUT2D eigenvalue weighted by atomic mass is 32.2. The first kappa shape index (κ1) is 31.0. The van der Waals surface area contributed by atoms with Crippen LogP contribution in [0.5, 0.6) is 0 Å².